The van der Waals surface area contributed by atoms with E-state index in [0.29, 0.717) is 29.6 Å². The Bertz CT molecular complexity index is 502. The van der Waals surface area contributed by atoms with E-state index in [1.54, 1.807) is 23.1 Å². The third kappa shape index (κ3) is 5.48. The number of rotatable bonds is 6. The van der Waals surface area contributed by atoms with Crippen LogP contribution in [0.25, 0.3) is 0 Å². The summed E-state index contributed by atoms with van der Waals surface area (Å²) in [5, 5.41) is 3.40. The number of carbonyl (C=O) groups is 1. The van der Waals surface area contributed by atoms with Gasteiger partial charge in [-0.3, -0.25) is 4.79 Å². The number of anilines is 1. The van der Waals surface area contributed by atoms with Gasteiger partial charge in [-0.1, -0.05) is 11.6 Å². The molecule has 1 fully saturated rings. The summed E-state index contributed by atoms with van der Waals surface area (Å²) in [4.78, 5) is 13.7. The van der Waals surface area contributed by atoms with Crippen molar-refractivity contribution in [1.82, 2.24) is 4.90 Å². The minimum absolute atomic E-state index is 0.106. The van der Waals surface area contributed by atoms with Gasteiger partial charge in [0.25, 0.3) is 0 Å². The van der Waals surface area contributed by atoms with Gasteiger partial charge in [0.2, 0.25) is 5.91 Å². The largest absolute Gasteiger partial charge is 0.489 e. The van der Waals surface area contributed by atoms with E-state index in [1.165, 1.54) is 6.42 Å². The molecule has 1 heterocycles. The molecule has 1 amide bonds. The van der Waals surface area contributed by atoms with Crippen LogP contribution in [0.15, 0.2) is 18.2 Å². The minimum atomic E-state index is -0.106. The molecule has 1 atom stereocenters. The van der Waals surface area contributed by atoms with Crippen molar-refractivity contribution in [2.75, 3.05) is 39.2 Å². The van der Waals surface area contributed by atoms with Gasteiger partial charge >= 0.3 is 0 Å². The van der Waals surface area contributed by atoms with Crippen molar-refractivity contribution in [1.29, 1.82) is 0 Å². The van der Waals surface area contributed by atoms with Gasteiger partial charge in [0.05, 0.1) is 18.3 Å². The zero-order valence-corrected chi connectivity index (χ0v) is 13.9. The topological polar surface area (TPSA) is 50.8 Å². The van der Waals surface area contributed by atoms with Gasteiger partial charge in [-0.2, -0.15) is 0 Å². The monoisotopic (exact) mass is 326 g/mol. The van der Waals surface area contributed by atoms with Gasteiger partial charge in [0.15, 0.2) is 0 Å². The third-order valence-electron chi connectivity index (χ3n) is 3.37. The summed E-state index contributed by atoms with van der Waals surface area (Å²) in [6.07, 6.45) is 3.41. The van der Waals surface area contributed by atoms with Gasteiger partial charge < -0.3 is 19.7 Å². The molecule has 1 aromatic carbocycles. The van der Waals surface area contributed by atoms with Crippen molar-refractivity contribution < 1.29 is 14.3 Å². The van der Waals surface area contributed by atoms with Crippen molar-refractivity contribution in [3.63, 3.8) is 0 Å². The molecule has 1 aromatic rings. The quantitative estimate of drug-likeness (QED) is 0.873. The number of carbonyl (C=O) groups excluding carboxylic acids is 1. The molecular formula is C16H23ClN2O3. The van der Waals surface area contributed by atoms with Gasteiger partial charge in [0.1, 0.15) is 12.4 Å². The highest BCUT2D eigenvalue weighted by atomic mass is 35.5. The van der Waals surface area contributed by atoms with Crippen LogP contribution in [-0.2, 0) is 9.53 Å². The number of halogens is 1. The minimum Gasteiger partial charge on any atom is -0.489 e. The van der Waals surface area contributed by atoms with E-state index >= 15 is 0 Å². The predicted octanol–water partition coefficient (Wildman–Crippen LogP) is 2.79. The molecule has 0 spiro atoms. The van der Waals surface area contributed by atoms with Crippen molar-refractivity contribution >= 4 is 23.2 Å². The molecule has 22 heavy (non-hydrogen) atoms. The summed E-state index contributed by atoms with van der Waals surface area (Å²) < 4.78 is 11.5. The molecule has 0 aromatic heterocycles. The lowest BCUT2D eigenvalue weighted by molar-refractivity contribution is -0.116. The average Bonchev–Trinajstić information content (AvgIpc) is 2.46. The molecule has 0 radical (unpaired) electrons. The highest BCUT2D eigenvalue weighted by Gasteiger charge is 2.16. The Hall–Kier alpha value is -1.30. The second-order valence-electron chi connectivity index (χ2n) is 5.73. The second kappa shape index (κ2) is 8.36. The van der Waals surface area contributed by atoms with Crippen LogP contribution in [0.4, 0.5) is 5.69 Å². The number of benzene rings is 1. The van der Waals surface area contributed by atoms with Crippen LogP contribution in [0.5, 0.6) is 5.75 Å². The first-order valence-electron chi connectivity index (χ1n) is 7.53. The van der Waals surface area contributed by atoms with Crippen LogP contribution < -0.4 is 10.1 Å². The summed E-state index contributed by atoms with van der Waals surface area (Å²) in [5.41, 5.74) is 0.593. The van der Waals surface area contributed by atoms with E-state index in [1.807, 2.05) is 14.1 Å². The molecular weight excluding hydrogens is 304 g/mol. The van der Waals surface area contributed by atoms with E-state index < -0.39 is 0 Å². The van der Waals surface area contributed by atoms with Crippen LogP contribution in [-0.4, -0.2) is 50.8 Å². The smallest absolute Gasteiger partial charge is 0.238 e. The number of nitrogens with one attached hydrogen (secondary N) is 1. The van der Waals surface area contributed by atoms with Crippen molar-refractivity contribution in [2.45, 2.75) is 25.4 Å². The molecule has 1 N–H and O–H groups in total. The van der Waals surface area contributed by atoms with Crippen molar-refractivity contribution in [3.05, 3.63) is 23.2 Å². The van der Waals surface area contributed by atoms with Crippen LogP contribution in [0.1, 0.15) is 19.3 Å². The molecule has 1 aliphatic rings. The maximum atomic E-state index is 11.9. The molecule has 0 saturated carbocycles. The Morgan fingerprint density at radius 3 is 2.95 bits per heavy atom. The fourth-order valence-corrected chi connectivity index (χ4v) is 2.50. The maximum absolute atomic E-state index is 11.9. The molecule has 0 bridgehead atoms. The number of likely N-dealkylation sites (N-methyl/N-ethyl adjacent to an activating group) is 1. The van der Waals surface area contributed by atoms with Crippen LogP contribution in [0.2, 0.25) is 5.02 Å². The first kappa shape index (κ1) is 17.1. The molecule has 122 valence electrons. The number of hydrogen-bond donors (Lipinski definition) is 1. The lowest BCUT2D eigenvalue weighted by Crippen LogP contribution is -2.28. The van der Waals surface area contributed by atoms with Crippen molar-refractivity contribution in [3.8, 4) is 5.75 Å². The van der Waals surface area contributed by atoms with E-state index in [-0.39, 0.29) is 12.0 Å². The molecule has 1 saturated heterocycles. The maximum Gasteiger partial charge on any atom is 0.238 e. The molecule has 1 unspecified atom stereocenters. The van der Waals surface area contributed by atoms with E-state index in [0.717, 1.165) is 19.4 Å². The lowest BCUT2D eigenvalue weighted by atomic mass is 10.1. The summed E-state index contributed by atoms with van der Waals surface area (Å²) in [6.45, 7) is 1.58. The molecule has 1 aliphatic heterocycles. The van der Waals surface area contributed by atoms with Gasteiger partial charge in [-0.05, 0) is 51.6 Å². The van der Waals surface area contributed by atoms with E-state index in [4.69, 9.17) is 21.1 Å². The van der Waals surface area contributed by atoms with Crippen LogP contribution in [0, 0.1) is 0 Å². The fourth-order valence-electron chi connectivity index (χ4n) is 2.32. The van der Waals surface area contributed by atoms with Gasteiger partial charge in [0, 0.05) is 11.6 Å². The van der Waals surface area contributed by atoms with Crippen LogP contribution >= 0.6 is 11.6 Å². The molecule has 5 nitrogen and oxygen atoms in total. The number of nitrogens with zero attached hydrogens (tertiary/aromatic N) is 1. The zero-order valence-electron chi connectivity index (χ0n) is 13.1. The summed E-state index contributed by atoms with van der Waals surface area (Å²) in [7, 11) is 3.69. The normalized spacial score (nSPS) is 18.3. The standard InChI is InChI=1S/C16H23ClN2O3/c1-19(2)10-16(20)18-14-9-12(17)6-7-15(14)22-11-13-5-3-4-8-21-13/h6-7,9,13H,3-5,8,10-11H2,1-2H3,(H,18,20). The lowest BCUT2D eigenvalue weighted by Gasteiger charge is -2.23. The van der Waals surface area contributed by atoms with Crippen LogP contribution in [0.3, 0.4) is 0 Å². The highest BCUT2D eigenvalue weighted by molar-refractivity contribution is 6.31. The third-order valence-corrected chi connectivity index (χ3v) is 3.61. The Morgan fingerprint density at radius 2 is 2.27 bits per heavy atom. The molecule has 6 heteroatoms. The Kier molecular flexibility index (Phi) is 6.49. The van der Waals surface area contributed by atoms with E-state index in [2.05, 4.69) is 5.32 Å². The second-order valence-corrected chi connectivity index (χ2v) is 6.16. The average molecular weight is 327 g/mol. The Labute approximate surface area is 136 Å². The highest BCUT2D eigenvalue weighted by Crippen LogP contribution is 2.28. The van der Waals surface area contributed by atoms with Gasteiger partial charge in [-0.15, -0.1) is 0 Å². The zero-order chi connectivity index (χ0) is 15.9. The molecule has 0 aliphatic carbocycles. The first-order chi connectivity index (χ1) is 10.5. The number of ether oxygens (including phenoxy) is 2. The SMILES string of the molecule is CN(C)CC(=O)Nc1cc(Cl)ccc1OCC1CCCCO1. The number of amides is 1. The fraction of sp³-hybridized carbons (Fsp3) is 0.562. The predicted molar refractivity (Wildman–Crippen MR) is 87.7 cm³/mol. The Morgan fingerprint density at radius 1 is 1.45 bits per heavy atom. The van der Waals surface area contributed by atoms with Gasteiger partial charge in [-0.25, -0.2) is 0 Å². The molecule has 2 rings (SSSR count). The summed E-state index contributed by atoms with van der Waals surface area (Å²) in [5.74, 6) is 0.511. The summed E-state index contributed by atoms with van der Waals surface area (Å²) in [6, 6.07) is 5.23. The van der Waals surface area contributed by atoms with Crippen molar-refractivity contribution in [2.24, 2.45) is 0 Å². The number of hydrogen-bond acceptors (Lipinski definition) is 4. The first-order valence-corrected chi connectivity index (χ1v) is 7.91. The van der Waals surface area contributed by atoms with E-state index in [9.17, 15) is 4.79 Å². The Balaban J connectivity index is 1.98. The summed E-state index contributed by atoms with van der Waals surface area (Å²) >= 11 is 6.01.